The van der Waals surface area contributed by atoms with Gasteiger partial charge in [-0.25, -0.2) is 0 Å². The average Bonchev–Trinajstić information content (AvgIpc) is 2.50. The Labute approximate surface area is 127 Å². The van der Waals surface area contributed by atoms with Crippen molar-refractivity contribution >= 4 is 0 Å². The van der Waals surface area contributed by atoms with Gasteiger partial charge in [0.05, 0.1) is 6.10 Å². The minimum absolute atomic E-state index is 0.151. The number of hydrazine groups is 1. The Bertz CT molecular complexity index is 523. The Morgan fingerprint density at radius 3 is 2.24 bits per heavy atom. The van der Waals surface area contributed by atoms with Crippen LogP contribution >= 0.6 is 0 Å². The summed E-state index contributed by atoms with van der Waals surface area (Å²) in [6, 6.07) is 18.8. The molecule has 1 atom stereocenters. The summed E-state index contributed by atoms with van der Waals surface area (Å²) >= 11 is 0. The van der Waals surface area contributed by atoms with Crippen LogP contribution in [-0.2, 0) is 6.42 Å². The third-order valence-corrected chi connectivity index (χ3v) is 3.42. The highest BCUT2D eigenvalue weighted by molar-refractivity contribution is 5.29. The minimum Gasteiger partial charge on any atom is -0.491 e. The van der Waals surface area contributed by atoms with Crippen molar-refractivity contribution in [3.05, 3.63) is 65.7 Å². The maximum absolute atomic E-state index is 5.71. The van der Waals surface area contributed by atoms with Crippen LogP contribution in [0.1, 0.15) is 37.4 Å². The third-order valence-electron chi connectivity index (χ3n) is 3.42. The van der Waals surface area contributed by atoms with E-state index in [9.17, 15) is 0 Å². The van der Waals surface area contributed by atoms with Gasteiger partial charge in [0.2, 0.25) is 0 Å². The second kappa shape index (κ2) is 7.81. The number of hydrogen-bond acceptors (Lipinski definition) is 3. The molecule has 3 nitrogen and oxygen atoms in total. The molecule has 3 heteroatoms. The molecule has 2 rings (SSSR count). The highest BCUT2D eigenvalue weighted by Crippen LogP contribution is 2.22. The molecule has 1 unspecified atom stereocenters. The van der Waals surface area contributed by atoms with Gasteiger partial charge in [-0.2, -0.15) is 0 Å². The summed E-state index contributed by atoms with van der Waals surface area (Å²) in [5, 5.41) is 0. The topological polar surface area (TPSA) is 47.3 Å². The van der Waals surface area contributed by atoms with E-state index >= 15 is 0 Å². The fraction of sp³-hybridized carbons (Fsp3) is 0.333. The molecular formula is C18H24N2O. The van der Waals surface area contributed by atoms with Crippen LogP contribution < -0.4 is 16.0 Å². The van der Waals surface area contributed by atoms with Gasteiger partial charge in [-0.05, 0) is 49.9 Å². The van der Waals surface area contributed by atoms with Crippen LogP contribution in [0.5, 0.6) is 5.75 Å². The Morgan fingerprint density at radius 1 is 1.00 bits per heavy atom. The highest BCUT2D eigenvalue weighted by atomic mass is 16.5. The van der Waals surface area contributed by atoms with Crippen LogP contribution in [0, 0.1) is 0 Å². The first-order chi connectivity index (χ1) is 10.2. The molecule has 2 aromatic carbocycles. The van der Waals surface area contributed by atoms with Gasteiger partial charge in [0.1, 0.15) is 5.75 Å². The first-order valence-corrected chi connectivity index (χ1v) is 7.45. The maximum atomic E-state index is 5.71. The van der Waals surface area contributed by atoms with E-state index in [4.69, 9.17) is 10.6 Å². The molecule has 0 fully saturated rings. The van der Waals surface area contributed by atoms with Gasteiger partial charge in [0.25, 0.3) is 0 Å². The van der Waals surface area contributed by atoms with E-state index in [1.807, 2.05) is 32.0 Å². The summed E-state index contributed by atoms with van der Waals surface area (Å²) in [6.45, 7) is 4.05. The van der Waals surface area contributed by atoms with Crippen molar-refractivity contribution in [3.63, 3.8) is 0 Å². The Balaban J connectivity index is 1.97. The number of nitrogens with two attached hydrogens (primary N) is 1. The number of hydrogen-bond donors (Lipinski definition) is 2. The van der Waals surface area contributed by atoms with Crippen LogP contribution in [0.25, 0.3) is 0 Å². The lowest BCUT2D eigenvalue weighted by Crippen LogP contribution is -2.28. The molecule has 0 aliphatic heterocycles. The van der Waals surface area contributed by atoms with Crippen LogP contribution in [-0.4, -0.2) is 6.10 Å². The first kappa shape index (κ1) is 15.5. The van der Waals surface area contributed by atoms with E-state index < -0.39 is 0 Å². The van der Waals surface area contributed by atoms with Crippen molar-refractivity contribution in [2.75, 3.05) is 0 Å². The quantitative estimate of drug-likeness (QED) is 0.603. The molecule has 21 heavy (non-hydrogen) atoms. The molecule has 0 saturated heterocycles. The Kier molecular flexibility index (Phi) is 5.78. The second-order valence-corrected chi connectivity index (χ2v) is 5.48. The highest BCUT2D eigenvalue weighted by Gasteiger charge is 2.10. The summed E-state index contributed by atoms with van der Waals surface area (Å²) in [4.78, 5) is 0. The van der Waals surface area contributed by atoms with Crippen LogP contribution in [0.4, 0.5) is 0 Å². The molecule has 0 aliphatic rings. The molecule has 0 heterocycles. The summed E-state index contributed by atoms with van der Waals surface area (Å²) in [6.07, 6.45) is 2.16. The van der Waals surface area contributed by atoms with Crippen molar-refractivity contribution in [3.8, 4) is 5.75 Å². The molecular weight excluding hydrogens is 260 g/mol. The third kappa shape index (κ3) is 4.88. The number of benzene rings is 2. The van der Waals surface area contributed by atoms with Gasteiger partial charge in [0, 0.05) is 6.04 Å². The molecule has 2 aromatic rings. The van der Waals surface area contributed by atoms with E-state index in [1.54, 1.807) is 0 Å². The van der Waals surface area contributed by atoms with E-state index in [2.05, 4.69) is 41.8 Å². The molecule has 0 saturated carbocycles. The molecule has 0 aromatic heterocycles. The van der Waals surface area contributed by atoms with Crippen molar-refractivity contribution in [1.82, 2.24) is 5.43 Å². The predicted octanol–water partition coefficient (Wildman–Crippen LogP) is 3.61. The van der Waals surface area contributed by atoms with E-state index in [0.717, 1.165) is 18.6 Å². The maximum Gasteiger partial charge on any atom is 0.119 e. The second-order valence-electron chi connectivity index (χ2n) is 5.48. The van der Waals surface area contributed by atoms with E-state index in [-0.39, 0.29) is 12.1 Å². The number of nitrogens with one attached hydrogen (secondary N) is 1. The fourth-order valence-corrected chi connectivity index (χ4v) is 2.35. The number of rotatable bonds is 7. The number of aryl methyl sites for hydroxylation is 1. The summed E-state index contributed by atoms with van der Waals surface area (Å²) in [7, 11) is 0. The van der Waals surface area contributed by atoms with Crippen molar-refractivity contribution in [1.29, 1.82) is 0 Å². The van der Waals surface area contributed by atoms with Gasteiger partial charge < -0.3 is 4.74 Å². The zero-order valence-electron chi connectivity index (χ0n) is 12.8. The van der Waals surface area contributed by atoms with Crippen molar-refractivity contribution in [2.24, 2.45) is 5.84 Å². The monoisotopic (exact) mass is 284 g/mol. The summed E-state index contributed by atoms with van der Waals surface area (Å²) in [5.74, 6) is 6.60. The predicted molar refractivity (Wildman–Crippen MR) is 87.0 cm³/mol. The molecule has 0 spiro atoms. The molecule has 0 bridgehead atoms. The molecule has 3 N–H and O–H groups in total. The van der Waals surface area contributed by atoms with E-state index in [0.29, 0.717) is 0 Å². The molecule has 0 amide bonds. The standard InChI is InChI=1S/C18H24N2O/c1-14(2)21-17-11-9-16(10-12-17)18(20-19)13-8-15-6-4-3-5-7-15/h3-7,9-12,14,18,20H,8,13,19H2,1-2H3. The average molecular weight is 284 g/mol. The SMILES string of the molecule is CC(C)Oc1ccc(C(CCc2ccccc2)NN)cc1. The zero-order valence-corrected chi connectivity index (χ0v) is 12.8. The summed E-state index contributed by atoms with van der Waals surface area (Å²) in [5.41, 5.74) is 5.42. The lowest BCUT2D eigenvalue weighted by atomic mass is 9.99. The normalized spacial score (nSPS) is 12.4. The van der Waals surface area contributed by atoms with Gasteiger partial charge >= 0.3 is 0 Å². The summed E-state index contributed by atoms with van der Waals surface area (Å²) < 4.78 is 5.66. The van der Waals surface area contributed by atoms with Crippen LogP contribution in [0.3, 0.4) is 0 Å². The van der Waals surface area contributed by atoms with Crippen LogP contribution in [0.15, 0.2) is 54.6 Å². The van der Waals surface area contributed by atoms with Gasteiger partial charge in [0.15, 0.2) is 0 Å². The van der Waals surface area contributed by atoms with Gasteiger partial charge in [-0.3, -0.25) is 11.3 Å². The van der Waals surface area contributed by atoms with Crippen LogP contribution in [0.2, 0.25) is 0 Å². The van der Waals surface area contributed by atoms with Crippen molar-refractivity contribution in [2.45, 2.75) is 38.8 Å². The lowest BCUT2D eigenvalue weighted by molar-refractivity contribution is 0.242. The molecule has 0 aliphatic carbocycles. The van der Waals surface area contributed by atoms with Crippen molar-refractivity contribution < 1.29 is 4.74 Å². The fourth-order valence-electron chi connectivity index (χ4n) is 2.35. The Hall–Kier alpha value is -1.84. The smallest absolute Gasteiger partial charge is 0.119 e. The molecule has 0 radical (unpaired) electrons. The Morgan fingerprint density at radius 2 is 1.67 bits per heavy atom. The van der Waals surface area contributed by atoms with Gasteiger partial charge in [-0.1, -0.05) is 42.5 Å². The van der Waals surface area contributed by atoms with Gasteiger partial charge in [-0.15, -0.1) is 0 Å². The van der Waals surface area contributed by atoms with E-state index in [1.165, 1.54) is 11.1 Å². The largest absolute Gasteiger partial charge is 0.491 e. The number of ether oxygens (including phenoxy) is 1. The first-order valence-electron chi connectivity index (χ1n) is 7.45. The zero-order chi connectivity index (χ0) is 15.1. The minimum atomic E-state index is 0.151. The molecule has 112 valence electrons. The lowest BCUT2D eigenvalue weighted by Gasteiger charge is -2.17.